The van der Waals surface area contributed by atoms with Gasteiger partial charge in [0, 0.05) is 13.1 Å². The van der Waals surface area contributed by atoms with Gasteiger partial charge in [-0.05, 0) is 0 Å². The first kappa shape index (κ1) is 7.02. The summed E-state index contributed by atoms with van der Waals surface area (Å²) in [5.74, 6) is -0.614. The van der Waals surface area contributed by atoms with Crippen LogP contribution in [0.15, 0.2) is 12.3 Å². The maximum Gasteiger partial charge on any atom is 0.167 e. The van der Waals surface area contributed by atoms with Crippen LogP contribution in [0.25, 0.3) is 11.0 Å². The van der Waals surface area contributed by atoms with Gasteiger partial charge in [-0.1, -0.05) is 0 Å². The highest BCUT2D eigenvalue weighted by Gasteiger charge is 2.05. The van der Waals surface area contributed by atoms with E-state index in [9.17, 15) is 4.39 Å². The third kappa shape index (κ3) is 0.903. The van der Waals surface area contributed by atoms with Crippen LogP contribution in [0.4, 0.5) is 10.2 Å². The van der Waals surface area contributed by atoms with E-state index in [-0.39, 0.29) is 5.82 Å². The molecule has 0 aromatic carbocycles. The fourth-order valence-corrected chi connectivity index (χ4v) is 1.06. The first-order valence-corrected chi connectivity index (χ1v) is 3.42. The molecule has 0 aliphatic rings. The Hall–Kier alpha value is -1.65. The van der Waals surface area contributed by atoms with Crippen molar-refractivity contribution in [2.24, 2.45) is 7.05 Å². The second-order valence-corrected chi connectivity index (χ2v) is 2.56. The van der Waals surface area contributed by atoms with E-state index in [1.165, 1.54) is 6.07 Å². The number of hydrogen-bond acceptors (Lipinski definition) is 3. The monoisotopic (exact) mass is 166 g/mol. The van der Waals surface area contributed by atoms with Crippen LogP contribution in [0.3, 0.4) is 0 Å². The normalized spacial score (nSPS) is 10.8. The zero-order valence-corrected chi connectivity index (χ0v) is 6.45. The lowest BCUT2D eigenvalue weighted by Gasteiger charge is -1.92. The van der Waals surface area contributed by atoms with Crippen molar-refractivity contribution in [3.63, 3.8) is 0 Å². The first-order chi connectivity index (χ1) is 5.66. The summed E-state index contributed by atoms with van der Waals surface area (Å²) in [4.78, 5) is 3.82. The van der Waals surface area contributed by atoms with Crippen LogP contribution < -0.4 is 5.73 Å². The molecule has 2 rings (SSSR count). The number of nitrogen functional groups attached to an aromatic ring is 1. The number of anilines is 1. The van der Waals surface area contributed by atoms with Gasteiger partial charge in [0.15, 0.2) is 11.6 Å². The van der Waals surface area contributed by atoms with Crippen molar-refractivity contribution in [1.29, 1.82) is 0 Å². The summed E-state index contributed by atoms with van der Waals surface area (Å²) >= 11 is 0. The van der Waals surface area contributed by atoms with Crippen LogP contribution >= 0.6 is 0 Å². The molecule has 2 aromatic heterocycles. The van der Waals surface area contributed by atoms with Gasteiger partial charge in [-0.25, -0.2) is 9.37 Å². The van der Waals surface area contributed by atoms with Crippen molar-refractivity contribution in [3.05, 3.63) is 18.1 Å². The highest BCUT2D eigenvalue weighted by atomic mass is 19.1. The molecule has 12 heavy (non-hydrogen) atoms. The number of nitrogens with two attached hydrogens (primary N) is 1. The SMILES string of the molecule is Cn1cc2nc(N)c(F)cc2n1. The number of aryl methyl sites for hydroxylation is 1. The van der Waals surface area contributed by atoms with Crippen LogP contribution in [0.5, 0.6) is 0 Å². The molecule has 0 aliphatic heterocycles. The van der Waals surface area contributed by atoms with Crippen LogP contribution in [0, 0.1) is 5.82 Å². The largest absolute Gasteiger partial charge is 0.381 e. The Kier molecular flexibility index (Phi) is 1.27. The first-order valence-electron chi connectivity index (χ1n) is 3.42. The van der Waals surface area contributed by atoms with Crippen molar-refractivity contribution >= 4 is 16.9 Å². The highest BCUT2D eigenvalue weighted by molar-refractivity contribution is 5.75. The number of hydrogen-bond donors (Lipinski definition) is 1. The average molecular weight is 166 g/mol. The maximum absolute atomic E-state index is 12.8. The number of pyridine rings is 1. The van der Waals surface area contributed by atoms with Crippen LogP contribution in [-0.4, -0.2) is 14.8 Å². The smallest absolute Gasteiger partial charge is 0.167 e. The number of aromatic nitrogens is 3. The Morgan fingerprint density at radius 3 is 3.00 bits per heavy atom. The summed E-state index contributed by atoms with van der Waals surface area (Å²) in [5, 5.41) is 3.97. The molecule has 0 saturated carbocycles. The fraction of sp³-hybridized carbons (Fsp3) is 0.143. The van der Waals surface area contributed by atoms with Gasteiger partial charge in [-0.2, -0.15) is 5.10 Å². The minimum atomic E-state index is -0.527. The summed E-state index contributed by atoms with van der Waals surface area (Å²) in [5.41, 5.74) is 6.40. The predicted octanol–water partition coefficient (Wildman–Crippen LogP) is 0.690. The lowest BCUT2D eigenvalue weighted by atomic mass is 10.4. The zero-order valence-electron chi connectivity index (χ0n) is 6.45. The van der Waals surface area contributed by atoms with Gasteiger partial charge < -0.3 is 5.73 Å². The zero-order chi connectivity index (χ0) is 8.72. The van der Waals surface area contributed by atoms with Crippen molar-refractivity contribution in [2.75, 3.05) is 5.73 Å². The van der Waals surface area contributed by atoms with Crippen LogP contribution in [0.2, 0.25) is 0 Å². The van der Waals surface area contributed by atoms with E-state index in [0.717, 1.165) is 0 Å². The molecule has 5 heteroatoms. The molecule has 2 N–H and O–H groups in total. The molecule has 62 valence electrons. The lowest BCUT2D eigenvalue weighted by Crippen LogP contribution is -1.93. The maximum atomic E-state index is 12.8. The minimum absolute atomic E-state index is 0.0875. The number of nitrogens with zero attached hydrogens (tertiary/aromatic N) is 3. The summed E-state index contributed by atoms with van der Waals surface area (Å²) in [7, 11) is 1.75. The molecule has 2 aromatic rings. The summed E-state index contributed by atoms with van der Waals surface area (Å²) in [6.07, 6.45) is 1.69. The highest BCUT2D eigenvalue weighted by Crippen LogP contribution is 2.14. The summed E-state index contributed by atoms with van der Waals surface area (Å²) < 4.78 is 14.4. The van der Waals surface area contributed by atoms with Crippen molar-refractivity contribution in [3.8, 4) is 0 Å². The van der Waals surface area contributed by atoms with Gasteiger partial charge in [-0.3, -0.25) is 4.68 Å². The Morgan fingerprint density at radius 2 is 2.25 bits per heavy atom. The molecule has 0 atom stereocenters. The molecule has 0 spiro atoms. The van der Waals surface area contributed by atoms with E-state index in [0.29, 0.717) is 11.0 Å². The Labute approximate surface area is 67.8 Å². The molecule has 0 radical (unpaired) electrons. The third-order valence-corrected chi connectivity index (χ3v) is 1.59. The number of fused-ring (bicyclic) bond motifs is 1. The Bertz CT molecular complexity index is 395. The Balaban J connectivity index is 2.83. The van der Waals surface area contributed by atoms with E-state index in [1.54, 1.807) is 17.9 Å². The van der Waals surface area contributed by atoms with Gasteiger partial charge in [0.25, 0.3) is 0 Å². The second-order valence-electron chi connectivity index (χ2n) is 2.56. The molecule has 2 heterocycles. The third-order valence-electron chi connectivity index (χ3n) is 1.59. The van der Waals surface area contributed by atoms with E-state index < -0.39 is 5.82 Å². The van der Waals surface area contributed by atoms with E-state index in [1.807, 2.05) is 0 Å². The minimum Gasteiger partial charge on any atom is -0.381 e. The quantitative estimate of drug-likeness (QED) is 0.626. The standard InChI is InChI=1S/C7H7FN4/c1-12-3-6-5(11-12)2-4(8)7(9)10-6/h2-3H,1H3,(H2,9,10). The molecule has 0 unspecified atom stereocenters. The molecular weight excluding hydrogens is 159 g/mol. The van der Waals surface area contributed by atoms with Crippen molar-refractivity contribution in [1.82, 2.24) is 14.8 Å². The van der Waals surface area contributed by atoms with Gasteiger partial charge in [0.2, 0.25) is 0 Å². The predicted molar refractivity (Wildman–Crippen MR) is 42.9 cm³/mol. The van der Waals surface area contributed by atoms with Gasteiger partial charge in [0.1, 0.15) is 11.0 Å². The number of halogens is 1. The molecule has 0 aliphatic carbocycles. The molecule has 0 saturated heterocycles. The number of rotatable bonds is 0. The van der Waals surface area contributed by atoms with Crippen molar-refractivity contribution < 1.29 is 4.39 Å². The summed E-state index contributed by atoms with van der Waals surface area (Å²) in [6, 6.07) is 1.28. The van der Waals surface area contributed by atoms with Gasteiger partial charge >= 0.3 is 0 Å². The molecule has 0 fully saturated rings. The summed E-state index contributed by atoms with van der Waals surface area (Å²) in [6.45, 7) is 0. The van der Waals surface area contributed by atoms with Crippen LogP contribution in [-0.2, 0) is 7.05 Å². The second kappa shape index (κ2) is 2.17. The van der Waals surface area contributed by atoms with E-state index in [2.05, 4.69) is 10.1 Å². The average Bonchev–Trinajstić information content (AvgIpc) is 2.30. The van der Waals surface area contributed by atoms with E-state index in [4.69, 9.17) is 5.73 Å². The van der Waals surface area contributed by atoms with Gasteiger partial charge in [0.05, 0.1) is 6.20 Å². The molecule has 4 nitrogen and oxygen atoms in total. The van der Waals surface area contributed by atoms with Crippen LogP contribution in [0.1, 0.15) is 0 Å². The Morgan fingerprint density at radius 1 is 1.50 bits per heavy atom. The van der Waals surface area contributed by atoms with E-state index >= 15 is 0 Å². The molecule has 0 bridgehead atoms. The lowest BCUT2D eigenvalue weighted by molar-refractivity contribution is 0.629. The molecular formula is C7H7FN4. The van der Waals surface area contributed by atoms with Crippen molar-refractivity contribution in [2.45, 2.75) is 0 Å². The molecule has 0 amide bonds. The topological polar surface area (TPSA) is 56.7 Å². The fourth-order valence-electron chi connectivity index (χ4n) is 1.06. The van der Waals surface area contributed by atoms with Gasteiger partial charge in [-0.15, -0.1) is 0 Å².